The largest absolute Gasteiger partial charge is 0.449 e. The second kappa shape index (κ2) is 8.37. The summed E-state index contributed by atoms with van der Waals surface area (Å²) in [4.78, 5) is 10.1. The Balaban J connectivity index is 2.56. The highest BCUT2D eigenvalue weighted by molar-refractivity contribution is 9.10. The van der Waals surface area contributed by atoms with Gasteiger partial charge in [0, 0.05) is 16.1 Å². The summed E-state index contributed by atoms with van der Waals surface area (Å²) in [5.74, 6) is -0.348. The van der Waals surface area contributed by atoms with Gasteiger partial charge in [-0.1, -0.05) is 28.1 Å². The van der Waals surface area contributed by atoms with Crippen LogP contribution >= 0.6 is 28.1 Å². The number of nitro benzene ring substituents is 1. The Morgan fingerprint density at radius 2 is 1.93 bits per heavy atom. The molecule has 144 valence electrons. The molecule has 11 heteroatoms. The standard InChI is InChI=1S/C17H9BrF3N3O3S/c18-12-2-4-14(9(6-12)5-10(8-22)16(23)28)27-15-3-1-11(17(19,20)21)7-13(15)24(25)26/h1-7H,(H2,23,28)/b10-5+. The highest BCUT2D eigenvalue weighted by atomic mass is 79.9. The molecule has 0 aromatic heterocycles. The number of nitrogens with zero attached hydrogens (tertiary/aromatic N) is 2. The molecule has 2 aromatic carbocycles. The fourth-order valence-electron chi connectivity index (χ4n) is 2.08. The molecule has 0 saturated heterocycles. The smallest absolute Gasteiger partial charge is 0.416 e. The third kappa shape index (κ3) is 5.05. The molecule has 0 saturated carbocycles. The lowest BCUT2D eigenvalue weighted by Gasteiger charge is -2.12. The maximum Gasteiger partial charge on any atom is 0.416 e. The SMILES string of the molecule is N#C/C(=C\c1cc(Br)ccc1Oc1ccc(C(F)(F)F)cc1[N+](=O)[O-])C(N)=S. The second-order valence-electron chi connectivity index (χ2n) is 5.26. The Labute approximate surface area is 170 Å². The molecule has 2 rings (SSSR count). The Bertz CT molecular complexity index is 1030. The molecule has 0 unspecified atom stereocenters. The third-order valence-electron chi connectivity index (χ3n) is 3.36. The van der Waals surface area contributed by atoms with Crippen LogP contribution in [0.5, 0.6) is 11.5 Å². The van der Waals surface area contributed by atoms with Gasteiger partial charge in [0.05, 0.1) is 16.1 Å². The molecule has 0 atom stereocenters. The molecule has 0 fully saturated rings. The van der Waals surface area contributed by atoms with Crippen molar-refractivity contribution in [2.75, 3.05) is 0 Å². The van der Waals surface area contributed by atoms with Gasteiger partial charge < -0.3 is 10.5 Å². The summed E-state index contributed by atoms with van der Waals surface area (Å²) in [7, 11) is 0. The van der Waals surface area contributed by atoms with Crippen molar-refractivity contribution in [3.05, 3.63) is 67.7 Å². The van der Waals surface area contributed by atoms with Crippen LogP contribution in [0, 0.1) is 21.4 Å². The number of nitrogens with two attached hydrogens (primary N) is 1. The molecule has 0 amide bonds. The summed E-state index contributed by atoms with van der Waals surface area (Å²) in [5.41, 5.74) is 3.66. The summed E-state index contributed by atoms with van der Waals surface area (Å²) in [6.45, 7) is 0. The molecule has 28 heavy (non-hydrogen) atoms. The number of halogens is 4. The van der Waals surface area contributed by atoms with Crippen molar-refractivity contribution in [3.8, 4) is 17.6 Å². The topological polar surface area (TPSA) is 102 Å². The minimum atomic E-state index is -4.74. The molecule has 0 bridgehead atoms. The van der Waals surface area contributed by atoms with E-state index in [1.807, 2.05) is 0 Å². The molecule has 0 aliphatic carbocycles. The van der Waals surface area contributed by atoms with Crippen LogP contribution in [0.15, 0.2) is 46.4 Å². The Morgan fingerprint density at radius 1 is 1.29 bits per heavy atom. The number of nitro groups is 1. The minimum absolute atomic E-state index is 0.0418. The van der Waals surface area contributed by atoms with Gasteiger partial charge in [-0.15, -0.1) is 0 Å². The first-order valence-electron chi connectivity index (χ1n) is 7.27. The fraction of sp³-hybridized carbons (Fsp3) is 0.0588. The first kappa shape index (κ1) is 21.3. The van der Waals surface area contributed by atoms with Gasteiger partial charge in [-0.05, 0) is 36.4 Å². The van der Waals surface area contributed by atoms with E-state index in [1.54, 1.807) is 12.1 Å². The highest BCUT2D eigenvalue weighted by Crippen LogP contribution is 2.39. The lowest BCUT2D eigenvalue weighted by atomic mass is 10.1. The second-order valence-corrected chi connectivity index (χ2v) is 6.61. The van der Waals surface area contributed by atoms with Crippen molar-refractivity contribution in [2.24, 2.45) is 5.73 Å². The molecular formula is C17H9BrF3N3O3S. The molecule has 2 N–H and O–H groups in total. The van der Waals surface area contributed by atoms with Crippen LogP contribution in [-0.4, -0.2) is 9.91 Å². The Hall–Kier alpha value is -2.97. The molecule has 0 heterocycles. The zero-order valence-corrected chi connectivity index (χ0v) is 16.1. The number of hydrogen-bond donors (Lipinski definition) is 1. The van der Waals surface area contributed by atoms with E-state index in [0.717, 1.165) is 6.07 Å². The maximum atomic E-state index is 12.8. The molecule has 0 radical (unpaired) electrons. The van der Waals surface area contributed by atoms with Crippen molar-refractivity contribution < 1.29 is 22.8 Å². The van der Waals surface area contributed by atoms with Crippen LogP contribution in [0.4, 0.5) is 18.9 Å². The van der Waals surface area contributed by atoms with E-state index in [1.165, 1.54) is 18.2 Å². The maximum absolute atomic E-state index is 12.8. The fourth-order valence-corrected chi connectivity index (χ4v) is 2.56. The molecule has 0 spiro atoms. The summed E-state index contributed by atoms with van der Waals surface area (Å²) in [5, 5.41) is 20.3. The zero-order valence-electron chi connectivity index (χ0n) is 13.7. The minimum Gasteiger partial charge on any atom is -0.449 e. The van der Waals surface area contributed by atoms with Gasteiger partial charge in [0.15, 0.2) is 0 Å². The van der Waals surface area contributed by atoms with Gasteiger partial charge in [-0.3, -0.25) is 10.1 Å². The van der Waals surface area contributed by atoms with Crippen molar-refractivity contribution in [3.63, 3.8) is 0 Å². The number of hydrogen-bond acceptors (Lipinski definition) is 5. The van der Waals surface area contributed by atoms with E-state index < -0.39 is 28.1 Å². The average molecular weight is 472 g/mol. The van der Waals surface area contributed by atoms with Crippen molar-refractivity contribution >= 4 is 44.9 Å². The first-order valence-corrected chi connectivity index (χ1v) is 8.47. The normalized spacial score (nSPS) is 11.6. The highest BCUT2D eigenvalue weighted by Gasteiger charge is 2.33. The first-order chi connectivity index (χ1) is 13.0. The van der Waals surface area contributed by atoms with Crippen molar-refractivity contribution in [1.82, 2.24) is 0 Å². The molecule has 6 nitrogen and oxygen atoms in total. The van der Waals surface area contributed by atoms with E-state index in [-0.39, 0.29) is 21.9 Å². The van der Waals surface area contributed by atoms with Gasteiger partial charge in [0.2, 0.25) is 5.75 Å². The Morgan fingerprint density at radius 3 is 2.46 bits per heavy atom. The van der Waals surface area contributed by atoms with Crippen LogP contribution < -0.4 is 10.5 Å². The van der Waals surface area contributed by atoms with Crippen LogP contribution in [0.3, 0.4) is 0 Å². The van der Waals surface area contributed by atoms with E-state index in [9.17, 15) is 23.3 Å². The summed E-state index contributed by atoms with van der Waals surface area (Å²) in [6, 6.07) is 8.22. The number of nitriles is 1. The summed E-state index contributed by atoms with van der Waals surface area (Å²) >= 11 is 8.00. The number of ether oxygens (including phenoxy) is 1. The van der Waals surface area contributed by atoms with Crippen LogP contribution in [0.2, 0.25) is 0 Å². The van der Waals surface area contributed by atoms with E-state index in [2.05, 4.69) is 15.9 Å². The van der Waals surface area contributed by atoms with Gasteiger partial charge in [-0.25, -0.2) is 0 Å². The van der Waals surface area contributed by atoms with Gasteiger partial charge >= 0.3 is 11.9 Å². The van der Waals surface area contributed by atoms with Crippen LogP contribution in [-0.2, 0) is 6.18 Å². The monoisotopic (exact) mass is 471 g/mol. The van der Waals surface area contributed by atoms with Gasteiger partial charge in [0.25, 0.3) is 0 Å². The van der Waals surface area contributed by atoms with Crippen molar-refractivity contribution in [1.29, 1.82) is 5.26 Å². The lowest BCUT2D eigenvalue weighted by Crippen LogP contribution is -2.09. The number of thiocarbonyl (C=S) groups is 1. The number of alkyl halides is 3. The number of rotatable bonds is 5. The number of benzene rings is 2. The van der Waals surface area contributed by atoms with Crippen molar-refractivity contribution in [2.45, 2.75) is 6.18 Å². The predicted molar refractivity (Wildman–Crippen MR) is 103 cm³/mol. The average Bonchev–Trinajstić information content (AvgIpc) is 2.60. The van der Waals surface area contributed by atoms with E-state index in [4.69, 9.17) is 28.0 Å². The third-order valence-corrected chi connectivity index (χ3v) is 4.07. The predicted octanol–water partition coefficient (Wildman–Crippen LogP) is 5.36. The molecule has 0 aliphatic heterocycles. The van der Waals surface area contributed by atoms with Gasteiger partial charge in [0.1, 0.15) is 16.8 Å². The van der Waals surface area contributed by atoms with E-state index >= 15 is 0 Å². The van der Waals surface area contributed by atoms with Gasteiger partial charge in [-0.2, -0.15) is 18.4 Å². The van der Waals surface area contributed by atoms with Crippen LogP contribution in [0.1, 0.15) is 11.1 Å². The quantitative estimate of drug-likeness (QED) is 0.207. The molecule has 2 aromatic rings. The summed E-state index contributed by atoms with van der Waals surface area (Å²) in [6.07, 6.45) is -3.44. The van der Waals surface area contributed by atoms with E-state index in [0.29, 0.717) is 16.6 Å². The molecule has 0 aliphatic rings. The Kier molecular flexibility index (Phi) is 6.37. The lowest BCUT2D eigenvalue weighted by molar-refractivity contribution is -0.385. The zero-order chi connectivity index (χ0) is 21.1. The summed E-state index contributed by atoms with van der Waals surface area (Å²) < 4.78 is 44.5. The molecular weight excluding hydrogens is 463 g/mol. The van der Waals surface area contributed by atoms with Crippen LogP contribution in [0.25, 0.3) is 6.08 Å².